The molecule has 1 fully saturated rings. The second-order valence-electron chi connectivity index (χ2n) is 4.02. The fourth-order valence-corrected chi connectivity index (χ4v) is 1.95. The molecule has 0 aromatic carbocycles. The number of nitrogens with zero attached hydrogens (tertiary/aromatic N) is 1. The van der Waals surface area contributed by atoms with Crippen molar-refractivity contribution >= 4 is 6.09 Å². The lowest BCUT2D eigenvalue weighted by Crippen LogP contribution is -2.37. The Labute approximate surface area is 90.1 Å². The van der Waals surface area contributed by atoms with Crippen LogP contribution in [0.4, 0.5) is 4.79 Å². The number of hydrogen-bond acceptors (Lipinski definition) is 3. The van der Waals surface area contributed by atoms with Gasteiger partial charge in [-0.15, -0.1) is 0 Å². The van der Waals surface area contributed by atoms with Gasteiger partial charge in [0.15, 0.2) is 0 Å². The van der Waals surface area contributed by atoms with Crippen LogP contribution in [0, 0.1) is 0 Å². The van der Waals surface area contributed by atoms with Crippen molar-refractivity contribution in [1.29, 1.82) is 0 Å². The topological polar surface area (TPSA) is 72.8 Å². The second-order valence-corrected chi connectivity index (χ2v) is 4.02. The molecule has 0 bridgehead atoms. The number of carbonyl (C=O) groups is 1. The maximum absolute atomic E-state index is 10.4. The molecule has 15 heavy (non-hydrogen) atoms. The maximum Gasteiger partial charge on any atom is 0.404 e. The van der Waals surface area contributed by atoms with Crippen LogP contribution in [-0.4, -0.2) is 53.5 Å². The van der Waals surface area contributed by atoms with Crippen LogP contribution < -0.4 is 5.32 Å². The zero-order valence-electron chi connectivity index (χ0n) is 8.98. The first-order chi connectivity index (χ1) is 7.22. The molecule has 0 spiro atoms. The van der Waals surface area contributed by atoms with Crippen molar-refractivity contribution in [2.45, 2.75) is 31.7 Å². The first kappa shape index (κ1) is 12.3. The average Bonchev–Trinajstić information content (AvgIpc) is 2.68. The minimum Gasteiger partial charge on any atom is -0.465 e. The summed E-state index contributed by atoms with van der Waals surface area (Å²) in [5.41, 5.74) is 0. The van der Waals surface area contributed by atoms with E-state index in [1.807, 2.05) is 0 Å². The zero-order valence-corrected chi connectivity index (χ0v) is 8.98. The molecule has 1 saturated heterocycles. The summed E-state index contributed by atoms with van der Waals surface area (Å²) in [6, 6.07) is -0.315. The molecule has 1 atom stereocenters. The van der Waals surface area contributed by atoms with Crippen molar-refractivity contribution in [3.05, 3.63) is 0 Å². The van der Waals surface area contributed by atoms with Crippen LogP contribution in [0.2, 0.25) is 0 Å². The van der Waals surface area contributed by atoms with Crippen molar-refractivity contribution in [1.82, 2.24) is 10.2 Å². The van der Waals surface area contributed by atoms with Crippen LogP contribution in [0.15, 0.2) is 0 Å². The predicted molar refractivity (Wildman–Crippen MR) is 56.9 cm³/mol. The standard InChI is InChI=1S/C10H20N2O3/c13-8-9(11-10(14)15)4-3-7-12-5-1-2-6-12/h9,11,13H,1-8H2,(H,14,15). The third kappa shape index (κ3) is 4.99. The Bertz CT molecular complexity index is 193. The first-order valence-electron chi connectivity index (χ1n) is 5.55. The normalized spacial score (nSPS) is 19.0. The van der Waals surface area contributed by atoms with Gasteiger partial charge < -0.3 is 20.4 Å². The highest BCUT2D eigenvalue weighted by Crippen LogP contribution is 2.09. The average molecular weight is 216 g/mol. The molecular formula is C10H20N2O3. The van der Waals surface area contributed by atoms with Crippen LogP contribution in [0.3, 0.4) is 0 Å². The molecule has 0 aromatic rings. The van der Waals surface area contributed by atoms with E-state index in [-0.39, 0.29) is 12.6 Å². The smallest absolute Gasteiger partial charge is 0.404 e. The van der Waals surface area contributed by atoms with Crippen LogP contribution in [0.1, 0.15) is 25.7 Å². The largest absolute Gasteiger partial charge is 0.465 e. The summed E-state index contributed by atoms with van der Waals surface area (Å²) in [5.74, 6) is 0. The summed E-state index contributed by atoms with van der Waals surface area (Å²) in [6.07, 6.45) is 3.13. The van der Waals surface area contributed by atoms with E-state index in [0.29, 0.717) is 6.42 Å². The molecule has 3 N–H and O–H groups in total. The molecule has 0 saturated carbocycles. The number of aliphatic hydroxyl groups excluding tert-OH is 1. The second kappa shape index (κ2) is 6.63. The third-order valence-electron chi connectivity index (χ3n) is 2.77. The number of nitrogens with one attached hydrogen (secondary N) is 1. The molecule has 0 aromatic heterocycles. The SMILES string of the molecule is O=C(O)NC(CO)CCCN1CCCC1. The summed E-state index contributed by atoms with van der Waals surface area (Å²) in [6.45, 7) is 3.22. The molecule has 1 rings (SSSR count). The van der Waals surface area contributed by atoms with Crippen molar-refractivity contribution < 1.29 is 15.0 Å². The van der Waals surface area contributed by atoms with E-state index in [2.05, 4.69) is 10.2 Å². The van der Waals surface area contributed by atoms with E-state index in [4.69, 9.17) is 10.2 Å². The Kier molecular flexibility index (Phi) is 5.42. The summed E-state index contributed by atoms with van der Waals surface area (Å²) in [4.78, 5) is 12.7. The minimum atomic E-state index is -1.06. The van der Waals surface area contributed by atoms with Gasteiger partial charge in [-0.2, -0.15) is 0 Å². The molecule has 0 radical (unpaired) electrons. The van der Waals surface area contributed by atoms with Crippen LogP contribution in [0.25, 0.3) is 0 Å². The van der Waals surface area contributed by atoms with Crippen molar-refractivity contribution in [3.63, 3.8) is 0 Å². The first-order valence-corrected chi connectivity index (χ1v) is 5.55. The third-order valence-corrected chi connectivity index (χ3v) is 2.77. The Hall–Kier alpha value is -0.810. The number of rotatable bonds is 6. The summed E-state index contributed by atoms with van der Waals surface area (Å²) in [7, 11) is 0. The van der Waals surface area contributed by atoms with Gasteiger partial charge in [-0.3, -0.25) is 0 Å². The van der Waals surface area contributed by atoms with Gasteiger partial charge in [0.25, 0.3) is 0 Å². The highest BCUT2D eigenvalue weighted by atomic mass is 16.4. The molecule has 1 aliphatic rings. The summed E-state index contributed by atoms with van der Waals surface area (Å²) >= 11 is 0. The molecule has 1 unspecified atom stereocenters. The van der Waals surface area contributed by atoms with E-state index in [9.17, 15) is 4.79 Å². The Morgan fingerprint density at radius 3 is 2.60 bits per heavy atom. The lowest BCUT2D eigenvalue weighted by Gasteiger charge is -2.17. The maximum atomic E-state index is 10.4. The molecule has 1 aliphatic heterocycles. The number of hydrogen-bond donors (Lipinski definition) is 3. The van der Waals surface area contributed by atoms with Gasteiger partial charge >= 0.3 is 6.09 Å². The number of aliphatic hydroxyl groups is 1. The fraction of sp³-hybridized carbons (Fsp3) is 0.900. The molecule has 1 amide bonds. The Morgan fingerprint density at radius 1 is 1.40 bits per heavy atom. The van der Waals surface area contributed by atoms with Gasteiger partial charge in [-0.05, 0) is 45.3 Å². The fourth-order valence-electron chi connectivity index (χ4n) is 1.95. The van der Waals surface area contributed by atoms with Gasteiger partial charge in [-0.1, -0.05) is 0 Å². The van der Waals surface area contributed by atoms with Crippen LogP contribution in [0.5, 0.6) is 0 Å². The Balaban J connectivity index is 2.07. The van der Waals surface area contributed by atoms with Gasteiger partial charge in [0, 0.05) is 0 Å². The number of carboxylic acid groups (broad SMARTS) is 1. The van der Waals surface area contributed by atoms with Gasteiger partial charge in [0.05, 0.1) is 12.6 Å². The molecular weight excluding hydrogens is 196 g/mol. The molecule has 88 valence electrons. The Morgan fingerprint density at radius 2 is 2.07 bits per heavy atom. The molecule has 5 nitrogen and oxygen atoms in total. The predicted octanol–water partition coefficient (Wildman–Crippen LogP) is 0.491. The van der Waals surface area contributed by atoms with E-state index < -0.39 is 6.09 Å². The van der Waals surface area contributed by atoms with Crippen LogP contribution in [-0.2, 0) is 0 Å². The summed E-state index contributed by atoms with van der Waals surface area (Å²) in [5, 5.41) is 19.7. The highest BCUT2D eigenvalue weighted by Gasteiger charge is 2.13. The quantitative estimate of drug-likeness (QED) is 0.604. The lowest BCUT2D eigenvalue weighted by atomic mass is 10.1. The summed E-state index contributed by atoms with van der Waals surface area (Å²) < 4.78 is 0. The number of amides is 1. The van der Waals surface area contributed by atoms with Gasteiger partial charge in [-0.25, -0.2) is 4.79 Å². The molecule has 0 aliphatic carbocycles. The van der Waals surface area contributed by atoms with Gasteiger partial charge in [0.2, 0.25) is 0 Å². The number of likely N-dealkylation sites (tertiary alicyclic amines) is 1. The van der Waals surface area contributed by atoms with E-state index in [1.54, 1.807) is 0 Å². The van der Waals surface area contributed by atoms with Gasteiger partial charge in [0.1, 0.15) is 0 Å². The van der Waals surface area contributed by atoms with Crippen LogP contribution >= 0.6 is 0 Å². The highest BCUT2D eigenvalue weighted by molar-refractivity contribution is 5.64. The van der Waals surface area contributed by atoms with Crippen molar-refractivity contribution in [2.75, 3.05) is 26.2 Å². The zero-order chi connectivity index (χ0) is 11.1. The molecule has 1 heterocycles. The minimum absolute atomic E-state index is 0.119. The monoisotopic (exact) mass is 216 g/mol. The lowest BCUT2D eigenvalue weighted by molar-refractivity contribution is 0.173. The van der Waals surface area contributed by atoms with E-state index >= 15 is 0 Å². The van der Waals surface area contributed by atoms with Crippen molar-refractivity contribution in [3.8, 4) is 0 Å². The van der Waals surface area contributed by atoms with E-state index in [1.165, 1.54) is 12.8 Å². The van der Waals surface area contributed by atoms with Crippen molar-refractivity contribution in [2.24, 2.45) is 0 Å². The molecule has 5 heteroatoms. The van der Waals surface area contributed by atoms with E-state index in [0.717, 1.165) is 26.1 Å².